The van der Waals surface area contributed by atoms with Crippen LogP contribution in [0.3, 0.4) is 0 Å². The van der Waals surface area contributed by atoms with Gasteiger partial charge in [-0.1, -0.05) is 31.9 Å². The number of H-pyrrole nitrogens is 1. The molecule has 2 aromatic carbocycles. The van der Waals surface area contributed by atoms with Crippen molar-refractivity contribution in [1.82, 2.24) is 18.7 Å². The number of alkyl halides is 2. The summed E-state index contributed by atoms with van der Waals surface area (Å²) in [5.41, 5.74) is 4.54. The molecule has 5 heterocycles. The number of halogens is 2. The number of nitrogens with zero attached hydrogens (tertiary/aromatic N) is 3. The van der Waals surface area contributed by atoms with Crippen LogP contribution in [-0.4, -0.2) is 72.2 Å². The second kappa shape index (κ2) is 26.1. The van der Waals surface area contributed by atoms with Crippen molar-refractivity contribution in [2.24, 2.45) is 14.1 Å². The summed E-state index contributed by atoms with van der Waals surface area (Å²) in [4.78, 5) is 85.5. The van der Waals surface area contributed by atoms with E-state index in [1.54, 1.807) is 49.2 Å². The number of hydrogen-bond donors (Lipinski definition) is 2. The Balaban J connectivity index is 0.000000500. The molecular weight excluding hydrogens is 1020 g/mol. The zero-order valence-electron chi connectivity index (χ0n) is 38.4. The fourth-order valence-corrected chi connectivity index (χ4v) is 7.63. The second-order valence-corrected chi connectivity index (χ2v) is 16.2. The number of nitrogens with one attached hydrogen (secondary N) is 1. The molecule has 0 saturated carbocycles. The zero-order valence-corrected chi connectivity index (χ0v) is 46.8. The fourth-order valence-electron chi connectivity index (χ4n) is 7.13. The first-order valence-electron chi connectivity index (χ1n) is 19.3. The third-order valence-electron chi connectivity index (χ3n) is 10.0. The molecule has 17 nitrogen and oxygen atoms in total. The minimum Gasteiger partial charge on any atom is -1.00 e. The van der Waals surface area contributed by atoms with Gasteiger partial charge in [0.25, 0.3) is 23.2 Å². The van der Waals surface area contributed by atoms with E-state index >= 15 is 0 Å². The van der Waals surface area contributed by atoms with E-state index in [2.05, 4.69) is 41.7 Å². The van der Waals surface area contributed by atoms with Crippen LogP contribution in [0.2, 0.25) is 0 Å². The van der Waals surface area contributed by atoms with E-state index in [9.17, 15) is 33.9 Å². The molecule has 0 aliphatic carbocycles. The topological polar surface area (TPSA) is 230 Å². The molecule has 6 aromatic rings. The number of aromatic amines is 1. The number of carbonyl (C=O) groups is 3. The molecule has 0 fully saturated rings. The minimum absolute atomic E-state index is 0. The van der Waals surface area contributed by atoms with Gasteiger partial charge in [0.1, 0.15) is 6.61 Å². The Labute approximate surface area is 470 Å². The van der Waals surface area contributed by atoms with Crippen molar-refractivity contribution >= 4 is 93.9 Å². The standard InChI is InChI=1S/C21H22N2O5.C15H14N2O3.C6H10Br2O2.CH2O3.2K.H/c1-5-27-18(26)8-13-10-28-21-19-14(11(2)6-16(24)22(19)4)9-15-12(3)7-17(25)23(13)20(15)21;1-7-4-11(18)16-13-9(7)6-10-8(2)5-12(19)17(3)14(10)15(13)20;1-2-10-6(9)3-5(8)4-7;2-1-4-3;;;/h6-7,9,13H,5,8,10H2,1-4H3;4-6,20H,1-3H3,(H,16,18);5H,2-4H2,1H3;1,3H;;;/q;;;;2*+1;-1/p-1. The molecule has 0 bridgehead atoms. The smallest absolute Gasteiger partial charge is 1.00 e. The summed E-state index contributed by atoms with van der Waals surface area (Å²) in [6, 6.07) is 9.63. The molecule has 1 aliphatic rings. The first-order chi connectivity index (χ1) is 29.3. The van der Waals surface area contributed by atoms with Crippen LogP contribution in [0.25, 0.3) is 43.6 Å². The number of benzene rings is 2. The molecule has 4 aromatic heterocycles. The van der Waals surface area contributed by atoms with Gasteiger partial charge in [0, 0.05) is 70.1 Å². The summed E-state index contributed by atoms with van der Waals surface area (Å²) < 4.78 is 20.4. The van der Waals surface area contributed by atoms with Gasteiger partial charge in [-0.2, -0.15) is 0 Å². The molecule has 0 saturated heterocycles. The van der Waals surface area contributed by atoms with Gasteiger partial charge in [-0.05, 0) is 75.9 Å². The van der Waals surface area contributed by atoms with Crippen LogP contribution in [0, 0.1) is 27.7 Å². The molecule has 2 N–H and O–H groups in total. The maximum absolute atomic E-state index is 12.9. The zero-order chi connectivity index (χ0) is 46.2. The number of rotatable bonds is 8. The SMILES string of the molecule is CCOC(=O)CC(Br)CBr.CCOC(=O)CC1COc2c3c(cc4c(C)cc(=O)n1c24)c(C)cc(=O)n3C.Cc1cc(=O)[nH]c2c(O)c3c(cc12)c(C)cc(=O)n3C.O=CO[O-].[H-].[K+].[K+]. The number of esters is 2. The van der Waals surface area contributed by atoms with Crippen LogP contribution in [-0.2, 0) is 42.8 Å². The molecule has 0 radical (unpaired) electrons. The van der Waals surface area contributed by atoms with E-state index in [0.717, 1.165) is 49.1 Å². The maximum atomic E-state index is 12.9. The van der Waals surface area contributed by atoms with Crippen molar-refractivity contribution < 1.29 is 148 Å². The number of ether oxygens (including phenoxy) is 3. The normalized spacial score (nSPS) is 12.7. The number of pyridine rings is 4. The summed E-state index contributed by atoms with van der Waals surface area (Å²) >= 11 is 6.54. The van der Waals surface area contributed by atoms with Crippen molar-refractivity contribution in [3.63, 3.8) is 0 Å². The van der Waals surface area contributed by atoms with Crippen molar-refractivity contribution in [1.29, 1.82) is 0 Å². The van der Waals surface area contributed by atoms with Gasteiger partial charge in [-0.15, -0.1) is 0 Å². The summed E-state index contributed by atoms with van der Waals surface area (Å²) in [5.74, 6) is -0.0775. The summed E-state index contributed by atoms with van der Waals surface area (Å²) in [5, 5.41) is 23.0. The van der Waals surface area contributed by atoms with Crippen LogP contribution in [0.1, 0.15) is 56.4 Å². The summed E-state index contributed by atoms with van der Waals surface area (Å²) in [6.45, 7) is 11.7. The van der Waals surface area contributed by atoms with Gasteiger partial charge in [0.05, 0.1) is 54.2 Å². The van der Waals surface area contributed by atoms with E-state index in [0.29, 0.717) is 40.8 Å². The number of phenols is 1. The van der Waals surface area contributed by atoms with Crippen molar-refractivity contribution in [2.75, 3.05) is 25.2 Å². The number of fused-ring (bicyclic) bond motifs is 4. The third-order valence-corrected chi connectivity index (χ3v) is 12.3. The first-order valence-corrected chi connectivity index (χ1v) is 21.3. The Hall–Kier alpha value is -2.52. The predicted molar refractivity (Wildman–Crippen MR) is 241 cm³/mol. The predicted octanol–water partition coefficient (Wildman–Crippen LogP) is -1.29. The van der Waals surface area contributed by atoms with E-state index in [1.165, 1.54) is 16.7 Å². The molecule has 334 valence electrons. The van der Waals surface area contributed by atoms with Gasteiger partial charge < -0.3 is 45.0 Å². The van der Waals surface area contributed by atoms with E-state index < -0.39 is 6.04 Å². The number of hydrogen-bond acceptors (Lipinski definition) is 13. The fraction of sp³-hybridized carbons (Fsp3) is 0.372. The molecule has 21 heteroatoms. The van der Waals surface area contributed by atoms with Gasteiger partial charge in [-0.25, -0.2) is 0 Å². The Kier molecular flexibility index (Phi) is 23.5. The third kappa shape index (κ3) is 13.3. The monoisotopic (exact) mass is 1060 g/mol. The average molecular weight is 1070 g/mol. The molecule has 0 spiro atoms. The quantitative estimate of drug-likeness (QED) is 0.0345. The van der Waals surface area contributed by atoms with Crippen molar-refractivity contribution in [2.45, 2.75) is 65.3 Å². The molecule has 2 unspecified atom stereocenters. The van der Waals surface area contributed by atoms with E-state index in [-0.39, 0.29) is 175 Å². The Morgan fingerprint density at radius 2 is 1.30 bits per heavy atom. The Morgan fingerprint density at radius 3 is 1.83 bits per heavy atom. The van der Waals surface area contributed by atoms with E-state index in [1.807, 2.05) is 39.8 Å². The van der Waals surface area contributed by atoms with E-state index in [4.69, 9.17) is 24.3 Å². The second-order valence-electron chi connectivity index (χ2n) is 14.3. The Bertz CT molecular complexity index is 2940. The average Bonchev–Trinajstić information content (AvgIpc) is 3.21. The van der Waals surface area contributed by atoms with Crippen LogP contribution in [0.5, 0.6) is 11.5 Å². The van der Waals surface area contributed by atoms with Crippen LogP contribution >= 0.6 is 31.9 Å². The van der Waals surface area contributed by atoms with Gasteiger partial charge in [0.15, 0.2) is 11.5 Å². The van der Waals surface area contributed by atoms with Crippen molar-refractivity contribution in [3.05, 3.63) is 100 Å². The number of aryl methyl sites for hydroxylation is 6. The molecule has 0 amide bonds. The summed E-state index contributed by atoms with van der Waals surface area (Å²) in [7, 11) is 3.29. The molecule has 1 aliphatic heterocycles. The molecule has 64 heavy (non-hydrogen) atoms. The maximum Gasteiger partial charge on any atom is 1.00 e. The van der Waals surface area contributed by atoms with Crippen LogP contribution in [0.15, 0.2) is 55.6 Å². The molecule has 2 atom stereocenters. The van der Waals surface area contributed by atoms with Crippen LogP contribution in [0.4, 0.5) is 0 Å². The van der Waals surface area contributed by atoms with Gasteiger partial charge in [-0.3, -0.25) is 38.1 Å². The Morgan fingerprint density at radius 1 is 0.828 bits per heavy atom. The van der Waals surface area contributed by atoms with Gasteiger partial charge in [0.2, 0.25) is 5.56 Å². The summed E-state index contributed by atoms with van der Waals surface area (Å²) in [6.07, 6.45) is 0.481. The number of aromatic nitrogens is 4. The van der Waals surface area contributed by atoms with Gasteiger partial charge >= 0.3 is 115 Å². The number of aromatic hydroxyl groups is 1. The molecular formula is C43H48Br2K2N4O13. The van der Waals surface area contributed by atoms with Crippen LogP contribution < -0.4 is 135 Å². The number of phenolic OH excluding ortho intramolecular Hbond substituents is 1. The largest absolute Gasteiger partial charge is 1.00 e. The number of carbonyl (C=O) groups excluding carboxylic acids is 3. The molecule has 7 rings (SSSR count). The minimum atomic E-state index is -0.457. The first kappa shape index (κ1) is 57.6. The van der Waals surface area contributed by atoms with Crippen molar-refractivity contribution in [3.8, 4) is 11.5 Å².